The van der Waals surface area contributed by atoms with Gasteiger partial charge in [-0.3, -0.25) is 9.48 Å². The zero-order chi connectivity index (χ0) is 27.0. The van der Waals surface area contributed by atoms with Crippen LogP contribution in [0.4, 0.5) is 19.0 Å². The number of carbonyl (C=O) groups excluding carboxylic acids is 1. The lowest BCUT2D eigenvalue weighted by Crippen LogP contribution is -2.16. The third kappa shape index (κ3) is 5.15. The average molecular weight is 519 g/mol. The standard InChI is InChI=1S/C28H25F3N6O/c1-17(2)19-8-10-20(11-9-19)22-14-24(28(29,30)31)37-26(32-22)15-23(34-37)27(38)33-25-12-13-36(35-25)16-21-7-5-4-6-18(21)3/h4-15,17H,16H2,1-3H3,(H,33,35,38). The topological polar surface area (TPSA) is 77.1 Å². The van der Waals surface area contributed by atoms with Crippen molar-refractivity contribution in [3.8, 4) is 11.3 Å². The number of alkyl halides is 3. The van der Waals surface area contributed by atoms with Crippen LogP contribution in [0.5, 0.6) is 0 Å². The molecule has 3 aromatic heterocycles. The molecule has 5 aromatic rings. The van der Waals surface area contributed by atoms with Crippen LogP contribution in [0.2, 0.25) is 0 Å². The quantitative estimate of drug-likeness (QED) is 0.284. The first-order valence-corrected chi connectivity index (χ1v) is 12.1. The molecule has 1 N–H and O–H groups in total. The van der Waals surface area contributed by atoms with Crippen LogP contribution in [-0.4, -0.2) is 30.3 Å². The highest BCUT2D eigenvalue weighted by Gasteiger charge is 2.35. The Morgan fingerprint density at radius 3 is 2.42 bits per heavy atom. The van der Waals surface area contributed by atoms with Gasteiger partial charge >= 0.3 is 6.18 Å². The predicted octanol–water partition coefficient (Wildman–Crippen LogP) is 6.34. The van der Waals surface area contributed by atoms with Crippen molar-refractivity contribution in [3.63, 3.8) is 0 Å². The van der Waals surface area contributed by atoms with Crippen molar-refractivity contribution in [1.29, 1.82) is 0 Å². The van der Waals surface area contributed by atoms with E-state index in [9.17, 15) is 18.0 Å². The van der Waals surface area contributed by atoms with E-state index < -0.39 is 17.8 Å². The molecule has 1 amide bonds. The van der Waals surface area contributed by atoms with Crippen molar-refractivity contribution in [2.24, 2.45) is 0 Å². The highest BCUT2D eigenvalue weighted by molar-refractivity contribution is 6.03. The van der Waals surface area contributed by atoms with Crippen LogP contribution >= 0.6 is 0 Å². The summed E-state index contributed by atoms with van der Waals surface area (Å²) in [5.74, 6) is -0.141. The number of rotatable bonds is 6. The fourth-order valence-corrected chi connectivity index (χ4v) is 4.13. The van der Waals surface area contributed by atoms with Crippen LogP contribution in [-0.2, 0) is 12.7 Å². The Labute approximate surface area is 216 Å². The molecule has 0 saturated heterocycles. The Balaban J connectivity index is 1.42. The highest BCUT2D eigenvalue weighted by atomic mass is 19.4. The molecule has 194 valence electrons. The van der Waals surface area contributed by atoms with Crippen molar-refractivity contribution in [1.82, 2.24) is 24.4 Å². The predicted molar refractivity (Wildman–Crippen MR) is 138 cm³/mol. The van der Waals surface area contributed by atoms with E-state index in [1.807, 2.05) is 57.2 Å². The van der Waals surface area contributed by atoms with Crippen molar-refractivity contribution in [2.75, 3.05) is 5.32 Å². The van der Waals surface area contributed by atoms with Gasteiger partial charge in [-0.15, -0.1) is 0 Å². The van der Waals surface area contributed by atoms with Crippen molar-refractivity contribution in [3.05, 3.63) is 101 Å². The minimum absolute atomic E-state index is 0.0852. The largest absolute Gasteiger partial charge is 0.433 e. The maximum absolute atomic E-state index is 13.9. The third-order valence-corrected chi connectivity index (χ3v) is 6.30. The Bertz CT molecular complexity index is 1620. The summed E-state index contributed by atoms with van der Waals surface area (Å²) >= 11 is 0. The molecule has 0 unspecified atom stereocenters. The third-order valence-electron chi connectivity index (χ3n) is 6.30. The van der Waals surface area contributed by atoms with Gasteiger partial charge in [-0.2, -0.15) is 23.4 Å². The van der Waals surface area contributed by atoms with Crippen LogP contribution in [0.3, 0.4) is 0 Å². The molecule has 0 aliphatic rings. The lowest BCUT2D eigenvalue weighted by Gasteiger charge is -2.11. The number of carbonyl (C=O) groups is 1. The molecule has 3 heterocycles. The summed E-state index contributed by atoms with van der Waals surface area (Å²) in [4.78, 5) is 17.2. The van der Waals surface area contributed by atoms with E-state index in [0.717, 1.165) is 22.8 Å². The second-order valence-electron chi connectivity index (χ2n) is 9.38. The number of hydrogen-bond acceptors (Lipinski definition) is 4. The molecule has 10 heteroatoms. The summed E-state index contributed by atoms with van der Waals surface area (Å²) in [5, 5.41) is 10.9. The maximum Gasteiger partial charge on any atom is 0.433 e. The molecule has 38 heavy (non-hydrogen) atoms. The molecule has 0 atom stereocenters. The van der Waals surface area contributed by atoms with Gasteiger partial charge in [0.1, 0.15) is 0 Å². The molecule has 0 bridgehead atoms. The van der Waals surface area contributed by atoms with Gasteiger partial charge in [0.05, 0.1) is 12.2 Å². The number of fused-ring (bicyclic) bond motifs is 1. The van der Waals surface area contributed by atoms with E-state index in [0.29, 0.717) is 16.6 Å². The molecule has 0 aliphatic heterocycles. The fraction of sp³-hybridized carbons (Fsp3) is 0.214. The Hall–Kier alpha value is -4.47. The van der Waals surface area contributed by atoms with Gasteiger partial charge in [0, 0.05) is 23.9 Å². The summed E-state index contributed by atoms with van der Waals surface area (Å²) in [5.41, 5.74) is 2.62. The van der Waals surface area contributed by atoms with E-state index in [1.165, 1.54) is 6.07 Å². The number of nitrogens with zero attached hydrogens (tertiary/aromatic N) is 5. The van der Waals surface area contributed by atoms with Gasteiger partial charge in [0.2, 0.25) is 0 Å². The monoisotopic (exact) mass is 518 g/mol. The number of amides is 1. The molecule has 0 aliphatic carbocycles. The Morgan fingerprint density at radius 2 is 1.74 bits per heavy atom. The minimum atomic E-state index is -4.71. The van der Waals surface area contributed by atoms with Crippen LogP contribution in [0.15, 0.2) is 72.9 Å². The second-order valence-corrected chi connectivity index (χ2v) is 9.38. The van der Waals surface area contributed by atoms with Gasteiger partial charge in [0.25, 0.3) is 5.91 Å². The maximum atomic E-state index is 13.9. The summed E-state index contributed by atoms with van der Waals surface area (Å²) in [6.07, 6.45) is -2.99. The van der Waals surface area contributed by atoms with E-state index in [4.69, 9.17) is 0 Å². The molecular formula is C28H25F3N6O. The molecule has 2 aromatic carbocycles. The zero-order valence-electron chi connectivity index (χ0n) is 21.0. The fourth-order valence-electron chi connectivity index (χ4n) is 4.13. The Kier molecular flexibility index (Phi) is 6.48. The second kappa shape index (κ2) is 9.77. The number of anilines is 1. The van der Waals surface area contributed by atoms with Crippen LogP contribution in [0, 0.1) is 6.92 Å². The Morgan fingerprint density at radius 1 is 1.00 bits per heavy atom. The molecular weight excluding hydrogens is 493 g/mol. The lowest BCUT2D eigenvalue weighted by molar-refractivity contribution is -0.142. The zero-order valence-corrected chi connectivity index (χ0v) is 21.0. The van der Waals surface area contributed by atoms with Crippen LogP contribution in [0.1, 0.15) is 52.6 Å². The first-order chi connectivity index (χ1) is 18.1. The van der Waals surface area contributed by atoms with E-state index in [-0.39, 0.29) is 28.8 Å². The molecule has 7 nitrogen and oxygen atoms in total. The van der Waals surface area contributed by atoms with E-state index in [2.05, 4.69) is 20.5 Å². The summed E-state index contributed by atoms with van der Waals surface area (Å²) in [7, 11) is 0. The number of aromatic nitrogens is 5. The van der Waals surface area contributed by atoms with E-state index >= 15 is 0 Å². The van der Waals surface area contributed by atoms with Gasteiger partial charge in [-0.1, -0.05) is 62.4 Å². The van der Waals surface area contributed by atoms with Crippen LogP contribution in [0.25, 0.3) is 16.9 Å². The molecule has 5 rings (SSSR count). The SMILES string of the molecule is Cc1ccccc1Cn1ccc(NC(=O)c2cc3nc(-c4ccc(C(C)C)cc4)cc(C(F)(F)F)n3n2)n1. The van der Waals surface area contributed by atoms with Crippen molar-refractivity contribution < 1.29 is 18.0 Å². The minimum Gasteiger partial charge on any atom is -0.304 e. The van der Waals surface area contributed by atoms with Crippen molar-refractivity contribution >= 4 is 17.4 Å². The van der Waals surface area contributed by atoms with Gasteiger partial charge in [-0.05, 0) is 35.6 Å². The van der Waals surface area contributed by atoms with Gasteiger partial charge in [0.15, 0.2) is 22.9 Å². The van der Waals surface area contributed by atoms with Crippen LogP contribution < -0.4 is 5.32 Å². The lowest BCUT2D eigenvalue weighted by atomic mass is 10.0. The molecule has 0 spiro atoms. The first kappa shape index (κ1) is 25.2. The number of aryl methyl sites for hydroxylation is 1. The summed E-state index contributed by atoms with van der Waals surface area (Å²) in [6, 6.07) is 18.9. The number of halogens is 3. The molecule has 0 radical (unpaired) electrons. The van der Waals surface area contributed by atoms with Gasteiger partial charge < -0.3 is 5.32 Å². The average Bonchev–Trinajstić information content (AvgIpc) is 3.51. The van der Waals surface area contributed by atoms with Crippen molar-refractivity contribution in [2.45, 2.75) is 39.4 Å². The van der Waals surface area contributed by atoms with Gasteiger partial charge in [-0.25, -0.2) is 9.50 Å². The number of nitrogens with one attached hydrogen (secondary N) is 1. The normalized spacial score (nSPS) is 11.9. The van der Waals surface area contributed by atoms with E-state index in [1.54, 1.807) is 29.1 Å². The summed E-state index contributed by atoms with van der Waals surface area (Å²) < 4.78 is 44.2. The number of hydrogen-bond donors (Lipinski definition) is 1. The smallest absolute Gasteiger partial charge is 0.304 e. The highest BCUT2D eigenvalue weighted by Crippen LogP contribution is 2.32. The molecule has 0 saturated carbocycles. The molecule has 0 fully saturated rings. The first-order valence-electron chi connectivity index (χ1n) is 12.1. The summed E-state index contributed by atoms with van der Waals surface area (Å²) in [6.45, 7) is 6.58. The number of benzene rings is 2.